The Morgan fingerprint density at radius 2 is 1.97 bits per heavy atom. The van der Waals surface area contributed by atoms with Crippen LogP contribution in [0.1, 0.15) is 70.9 Å². The zero-order chi connectivity index (χ0) is 22.5. The quantitative estimate of drug-likeness (QED) is 0.627. The van der Waals surface area contributed by atoms with Gasteiger partial charge in [0, 0.05) is 24.9 Å². The Morgan fingerprint density at radius 3 is 2.65 bits per heavy atom. The Balaban J connectivity index is 1.77. The summed E-state index contributed by atoms with van der Waals surface area (Å²) in [6.07, 6.45) is 6.13. The zero-order valence-electron chi connectivity index (χ0n) is 18.9. The van der Waals surface area contributed by atoms with Gasteiger partial charge in [0.25, 0.3) is 0 Å². The first-order chi connectivity index (χ1) is 14.8. The summed E-state index contributed by atoms with van der Waals surface area (Å²) in [4.78, 5) is 39.0. The van der Waals surface area contributed by atoms with Crippen molar-refractivity contribution in [3.63, 3.8) is 0 Å². The monoisotopic (exact) mass is 427 g/mol. The van der Waals surface area contributed by atoms with Crippen molar-refractivity contribution in [1.82, 2.24) is 10.2 Å². The van der Waals surface area contributed by atoms with Crippen LogP contribution in [0.4, 0.5) is 10.5 Å². The molecular weight excluding hydrogens is 394 g/mol. The Morgan fingerprint density at radius 1 is 1.26 bits per heavy atom. The molecule has 0 saturated heterocycles. The number of urea groups is 1. The van der Waals surface area contributed by atoms with E-state index in [-0.39, 0.29) is 18.0 Å². The third-order valence-electron chi connectivity index (χ3n) is 6.07. The van der Waals surface area contributed by atoms with Crippen LogP contribution in [0, 0.1) is 5.92 Å². The van der Waals surface area contributed by atoms with E-state index in [4.69, 9.17) is 4.74 Å². The second-order valence-corrected chi connectivity index (χ2v) is 8.76. The van der Waals surface area contributed by atoms with Gasteiger partial charge in [0.2, 0.25) is 5.91 Å². The van der Waals surface area contributed by atoms with E-state index < -0.39 is 12.0 Å². The number of hydrogen-bond donors (Lipinski definition) is 2. The summed E-state index contributed by atoms with van der Waals surface area (Å²) in [5.41, 5.74) is 2.30. The van der Waals surface area contributed by atoms with E-state index >= 15 is 0 Å². The average Bonchev–Trinajstić information content (AvgIpc) is 3.23. The number of carbonyl (C=O) groups is 3. The van der Waals surface area contributed by atoms with Gasteiger partial charge in [-0.3, -0.25) is 4.79 Å². The highest BCUT2D eigenvalue weighted by atomic mass is 16.5. The SMILES string of the molecule is CC1=C(C(=O)OC(C)C)C(c2cccc(NC(=O)CCC3CCCC3)c2)NC(=O)N1C. The summed E-state index contributed by atoms with van der Waals surface area (Å²) < 4.78 is 5.43. The lowest BCUT2D eigenvalue weighted by atomic mass is 9.94. The van der Waals surface area contributed by atoms with Crippen LogP contribution in [-0.2, 0) is 14.3 Å². The first-order valence-corrected chi connectivity index (χ1v) is 11.1. The van der Waals surface area contributed by atoms with Gasteiger partial charge in [0.1, 0.15) is 0 Å². The summed E-state index contributed by atoms with van der Waals surface area (Å²) >= 11 is 0. The molecule has 31 heavy (non-hydrogen) atoms. The van der Waals surface area contributed by atoms with Crippen LogP contribution in [0.2, 0.25) is 0 Å². The summed E-state index contributed by atoms with van der Waals surface area (Å²) in [5.74, 6) is 0.187. The Labute approximate surface area is 184 Å². The van der Waals surface area contributed by atoms with E-state index in [1.54, 1.807) is 33.9 Å². The number of nitrogens with zero attached hydrogens (tertiary/aromatic N) is 1. The molecule has 0 aromatic heterocycles. The predicted octanol–water partition coefficient (Wildman–Crippen LogP) is 4.52. The molecule has 1 unspecified atom stereocenters. The second kappa shape index (κ2) is 9.98. The lowest BCUT2D eigenvalue weighted by Crippen LogP contribution is -2.46. The molecule has 7 nitrogen and oxygen atoms in total. The fourth-order valence-corrected chi connectivity index (χ4v) is 4.28. The normalized spacial score (nSPS) is 19.6. The van der Waals surface area contributed by atoms with Gasteiger partial charge in [-0.25, -0.2) is 9.59 Å². The molecular formula is C24H33N3O4. The average molecular weight is 428 g/mol. The fourth-order valence-electron chi connectivity index (χ4n) is 4.28. The first-order valence-electron chi connectivity index (χ1n) is 11.1. The molecule has 0 bridgehead atoms. The van der Waals surface area contributed by atoms with Crippen molar-refractivity contribution in [2.45, 2.75) is 71.4 Å². The van der Waals surface area contributed by atoms with Gasteiger partial charge in [-0.1, -0.05) is 37.8 Å². The smallest absolute Gasteiger partial charge is 0.338 e. The van der Waals surface area contributed by atoms with Crippen molar-refractivity contribution in [2.24, 2.45) is 5.92 Å². The molecule has 1 aromatic rings. The summed E-state index contributed by atoms with van der Waals surface area (Å²) in [6.45, 7) is 5.31. The Kier molecular flexibility index (Phi) is 7.36. The summed E-state index contributed by atoms with van der Waals surface area (Å²) in [7, 11) is 1.62. The van der Waals surface area contributed by atoms with E-state index in [0.29, 0.717) is 34.9 Å². The number of amides is 3. The summed E-state index contributed by atoms with van der Waals surface area (Å²) in [6, 6.07) is 6.32. The van der Waals surface area contributed by atoms with Gasteiger partial charge in [0.15, 0.2) is 0 Å². The van der Waals surface area contributed by atoms with Gasteiger partial charge >= 0.3 is 12.0 Å². The van der Waals surface area contributed by atoms with Crippen LogP contribution in [0.5, 0.6) is 0 Å². The molecule has 7 heteroatoms. The largest absolute Gasteiger partial charge is 0.459 e. The van der Waals surface area contributed by atoms with Gasteiger partial charge < -0.3 is 20.3 Å². The topological polar surface area (TPSA) is 87.7 Å². The lowest BCUT2D eigenvalue weighted by molar-refractivity contribution is -0.143. The van der Waals surface area contributed by atoms with E-state index in [9.17, 15) is 14.4 Å². The molecule has 1 aromatic carbocycles. The molecule has 168 valence electrons. The third kappa shape index (κ3) is 5.66. The van der Waals surface area contributed by atoms with Gasteiger partial charge in [-0.05, 0) is 50.8 Å². The highest BCUT2D eigenvalue weighted by Crippen LogP contribution is 2.32. The molecule has 1 saturated carbocycles. The van der Waals surface area contributed by atoms with E-state index in [1.165, 1.54) is 30.6 Å². The molecule has 1 heterocycles. The number of benzene rings is 1. The minimum atomic E-state index is -0.648. The maximum atomic E-state index is 12.8. The highest BCUT2D eigenvalue weighted by molar-refractivity contribution is 5.95. The molecule has 0 radical (unpaired) electrons. The Hall–Kier alpha value is -2.83. The number of allylic oxidation sites excluding steroid dienone is 1. The van der Waals surface area contributed by atoms with Crippen LogP contribution >= 0.6 is 0 Å². The zero-order valence-corrected chi connectivity index (χ0v) is 18.9. The standard InChI is InChI=1S/C24H33N3O4/c1-15(2)31-23(29)21-16(3)27(4)24(30)26-22(21)18-10-7-11-19(14-18)25-20(28)13-12-17-8-5-6-9-17/h7,10-11,14-15,17,22H,5-6,8-9,12-13H2,1-4H3,(H,25,28)(H,26,30). The Bertz CT molecular complexity index is 871. The maximum Gasteiger partial charge on any atom is 0.338 e. The van der Waals surface area contributed by atoms with E-state index in [0.717, 1.165) is 6.42 Å². The molecule has 2 N–H and O–H groups in total. The minimum absolute atomic E-state index is 0.0115. The van der Waals surface area contributed by atoms with Gasteiger partial charge in [-0.2, -0.15) is 0 Å². The fraction of sp³-hybridized carbons (Fsp3) is 0.542. The predicted molar refractivity (Wildman–Crippen MR) is 119 cm³/mol. The second-order valence-electron chi connectivity index (χ2n) is 8.76. The lowest BCUT2D eigenvalue weighted by Gasteiger charge is -2.33. The summed E-state index contributed by atoms with van der Waals surface area (Å²) in [5, 5.41) is 5.83. The van der Waals surface area contributed by atoms with Crippen molar-refractivity contribution in [2.75, 3.05) is 12.4 Å². The first kappa shape index (κ1) is 22.8. The number of anilines is 1. The molecule has 1 atom stereocenters. The number of esters is 1. The van der Waals surface area contributed by atoms with E-state index in [1.807, 2.05) is 18.2 Å². The minimum Gasteiger partial charge on any atom is -0.459 e. The van der Waals surface area contributed by atoms with Crippen LogP contribution in [0.3, 0.4) is 0 Å². The van der Waals surface area contributed by atoms with Crippen molar-refractivity contribution in [1.29, 1.82) is 0 Å². The van der Waals surface area contributed by atoms with Crippen LogP contribution in [-0.4, -0.2) is 36.0 Å². The highest BCUT2D eigenvalue weighted by Gasteiger charge is 2.35. The van der Waals surface area contributed by atoms with Gasteiger partial charge in [-0.15, -0.1) is 0 Å². The number of nitrogens with one attached hydrogen (secondary N) is 2. The van der Waals surface area contributed by atoms with E-state index in [2.05, 4.69) is 10.6 Å². The number of hydrogen-bond acceptors (Lipinski definition) is 4. The van der Waals surface area contributed by atoms with Crippen molar-refractivity contribution < 1.29 is 19.1 Å². The molecule has 1 aliphatic heterocycles. The number of ether oxygens (including phenoxy) is 1. The number of carbonyl (C=O) groups excluding carboxylic acids is 3. The maximum absolute atomic E-state index is 12.8. The molecule has 1 aliphatic carbocycles. The van der Waals surface area contributed by atoms with Crippen LogP contribution in [0.15, 0.2) is 35.5 Å². The molecule has 2 aliphatic rings. The van der Waals surface area contributed by atoms with Crippen LogP contribution < -0.4 is 10.6 Å². The molecule has 0 spiro atoms. The third-order valence-corrected chi connectivity index (χ3v) is 6.07. The molecule has 3 rings (SSSR count). The molecule has 1 fully saturated rings. The molecule has 3 amide bonds. The van der Waals surface area contributed by atoms with Crippen molar-refractivity contribution in [3.8, 4) is 0 Å². The van der Waals surface area contributed by atoms with Crippen molar-refractivity contribution in [3.05, 3.63) is 41.1 Å². The van der Waals surface area contributed by atoms with Crippen molar-refractivity contribution >= 4 is 23.6 Å². The van der Waals surface area contributed by atoms with Crippen LogP contribution in [0.25, 0.3) is 0 Å². The number of rotatable bonds is 7. The van der Waals surface area contributed by atoms with Gasteiger partial charge in [0.05, 0.1) is 17.7 Å².